The number of nitriles is 1. The third kappa shape index (κ3) is 8.74. The van der Waals surface area contributed by atoms with E-state index in [0.29, 0.717) is 29.2 Å². The molecule has 33 heavy (non-hydrogen) atoms. The van der Waals surface area contributed by atoms with Crippen LogP contribution in [-0.4, -0.2) is 25.6 Å². The molecule has 0 unspecified atom stereocenters. The molecule has 0 aliphatic carbocycles. The largest absolute Gasteiger partial charge is 0.493 e. The Labute approximate surface area is 203 Å². The Bertz CT molecular complexity index is 1010. The molecule has 0 aliphatic heterocycles. The number of methoxy groups -OCH3 is 1. The van der Waals surface area contributed by atoms with Gasteiger partial charge in [-0.15, -0.1) is 0 Å². The maximum absolute atomic E-state index is 12.7. The van der Waals surface area contributed by atoms with Gasteiger partial charge in [0.2, 0.25) is 0 Å². The highest BCUT2D eigenvalue weighted by atomic mass is 79.9. The predicted octanol–water partition coefficient (Wildman–Crippen LogP) is 6.52. The highest BCUT2D eigenvalue weighted by Crippen LogP contribution is 2.26. The molecule has 7 heteroatoms. The number of halogens is 1. The van der Waals surface area contributed by atoms with E-state index in [9.17, 15) is 14.9 Å². The van der Waals surface area contributed by atoms with Gasteiger partial charge in [-0.25, -0.2) is 4.79 Å². The molecule has 2 aromatic rings. The molecule has 0 fully saturated rings. The quantitative estimate of drug-likeness (QED) is 0.151. The Hall–Kier alpha value is -3.11. The van der Waals surface area contributed by atoms with E-state index in [2.05, 4.69) is 32.9 Å². The highest BCUT2D eigenvalue weighted by Gasteiger charge is 2.13. The summed E-state index contributed by atoms with van der Waals surface area (Å²) in [4.78, 5) is 24.2. The fourth-order valence-corrected chi connectivity index (χ4v) is 3.52. The SMILES string of the molecule is CCCCCCCCOc1ccc(Br)cc1/C=C(/C#N)C(=O)Nc1ccc(C(=O)OC)cc1. The number of hydrogen-bond acceptors (Lipinski definition) is 5. The van der Waals surface area contributed by atoms with Gasteiger partial charge in [-0.05, 0) is 55.0 Å². The van der Waals surface area contributed by atoms with E-state index < -0.39 is 11.9 Å². The Morgan fingerprint density at radius 3 is 2.42 bits per heavy atom. The third-order valence-electron chi connectivity index (χ3n) is 4.96. The summed E-state index contributed by atoms with van der Waals surface area (Å²) < 4.78 is 11.4. The van der Waals surface area contributed by atoms with Crippen molar-refractivity contribution in [2.24, 2.45) is 0 Å². The molecule has 1 amide bonds. The first kappa shape index (κ1) is 26.1. The van der Waals surface area contributed by atoms with Gasteiger partial charge in [-0.3, -0.25) is 4.79 Å². The number of anilines is 1. The molecule has 0 aliphatic rings. The molecular formula is C26H29BrN2O4. The molecule has 2 rings (SSSR count). The molecule has 0 spiro atoms. The predicted molar refractivity (Wildman–Crippen MR) is 133 cm³/mol. The number of ether oxygens (including phenoxy) is 2. The number of carbonyl (C=O) groups is 2. The maximum atomic E-state index is 12.7. The molecule has 2 aromatic carbocycles. The van der Waals surface area contributed by atoms with Crippen molar-refractivity contribution < 1.29 is 19.1 Å². The van der Waals surface area contributed by atoms with Gasteiger partial charge in [-0.1, -0.05) is 55.0 Å². The molecule has 0 bridgehead atoms. The van der Waals surface area contributed by atoms with E-state index in [4.69, 9.17) is 4.74 Å². The van der Waals surface area contributed by atoms with Gasteiger partial charge in [0.15, 0.2) is 0 Å². The summed E-state index contributed by atoms with van der Waals surface area (Å²) in [5.74, 6) is -0.395. The van der Waals surface area contributed by atoms with Crippen LogP contribution in [0.5, 0.6) is 5.75 Å². The molecule has 0 radical (unpaired) electrons. The number of nitrogens with zero attached hydrogens (tertiary/aromatic N) is 1. The van der Waals surface area contributed by atoms with Crippen LogP contribution in [0.4, 0.5) is 5.69 Å². The number of benzene rings is 2. The minimum absolute atomic E-state index is 0.0606. The lowest BCUT2D eigenvalue weighted by molar-refractivity contribution is -0.112. The number of carbonyl (C=O) groups excluding carboxylic acids is 2. The zero-order valence-electron chi connectivity index (χ0n) is 19.0. The molecule has 0 heterocycles. The van der Waals surface area contributed by atoms with Crippen molar-refractivity contribution in [3.05, 3.63) is 63.6 Å². The number of hydrogen-bond donors (Lipinski definition) is 1. The minimum atomic E-state index is -0.551. The van der Waals surface area contributed by atoms with Crippen LogP contribution in [-0.2, 0) is 9.53 Å². The van der Waals surface area contributed by atoms with E-state index >= 15 is 0 Å². The fourth-order valence-electron chi connectivity index (χ4n) is 3.14. The monoisotopic (exact) mass is 512 g/mol. The summed E-state index contributed by atoms with van der Waals surface area (Å²) in [6.45, 7) is 2.78. The number of amides is 1. The van der Waals surface area contributed by atoms with Crippen molar-refractivity contribution in [1.29, 1.82) is 5.26 Å². The van der Waals surface area contributed by atoms with Crippen LogP contribution >= 0.6 is 15.9 Å². The van der Waals surface area contributed by atoms with Crippen molar-refractivity contribution in [1.82, 2.24) is 0 Å². The second-order valence-corrected chi connectivity index (χ2v) is 8.41. The van der Waals surface area contributed by atoms with E-state index in [1.165, 1.54) is 38.9 Å². The lowest BCUT2D eigenvalue weighted by atomic mass is 10.1. The normalized spacial score (nSPS) is 10.9. The second-order valence-electron chi connectivity index (χ2n) is 7.49. The van der Waals surface area contributed by atoms with Crippen LogP contribution in [0.25, 0.3) is 6.08 Å². The summed E-state index contributed by atoms with van der Waals surface area (Å²) >= 11 is 3.43. The van der Waals surface area contributed by atoms with Gasteiger partial charge < -0.3 is 14.8 Å². The Morgan fingerprint density at radius 2 is 1.76 bits per heavy atom. The molecule has 0 atom stereocenters. The molecule has 0 saturated carbocycles. The molecule has 174 valence electrons. The zero-order valence-corrected chi connectivity index (χ0v) is 20.6. The summed E-state index contributed by atoms with van der Waals surface area (Å²) in [6.07, 6.45) is 8.51. The smallest absolute Gasteiger partial charge is 0.337 e. The molecule has 0 saturated heterocycles. The molecule has 0 aromatic heterocycles. The van der Waals surface area contributed by atoms with Gasteiger partial charge in [-0.2, -0.15) is 5.26 Å². The molecule has 6 nitrogen and oxygen atoms in total. The second kappa shape index (κ2) is 14.1. The zero-order chi connectivity index (χ0) is 24.1. The standard InChI is InChI=1S/C26H29BrN2O4/c1-3-4-5-6-7-8-15-33-24-14-11-22(27)17-20(24)16-21(18-28)25(30)29-23-12-9-19(10-13-23)26(31)32-2/h9-14,16-17H,3-8,15H2,1-2H3,(H,29,30)/b21-16-. The summed E-state index contributed by atoms with van der Waals surface area (Å²) in [5, 5.41) is 12.2. The lowest BCUT2D eigenvalue weighted by Gasteiger charge is -2.11. The topological polar surface area (TPSA) is 88.4 Å². The van der Waals surface area contributed by atoms with E-state index in [1.807, 2.05) is 24.3 Å². The summed E-state index contributed by atoms with van der Waals surface area (Å²) in [5.41, 5.74) is 1.41. The molecule has 1 N–H and O–H groups in total. The van der Waals surface area contributed by atoms with Crippen molar-refractivity contribution in [3.8, 4) is 11.8 Å². The van der Waals surface area contributed by atoms with Crippen molar-refractivity contribution in [2.45, 2.75) is 45.4 Å². The van der Waals surface area contributed by atoms with Gasteiger partial charge in [0.25, 0.3) is 5.91 Å². The fraction of sp³-hybridized carbons (Fsp3) is 0.346. The van der Waals surface area contributed by atoms with Crippen LogP contribution in [0, 0.1) is 11.3 Å². The average molecular weight is 513 g/mol. The van der Waals surface area contributed by atoms with Gasteiger partial charge in [0.1, 0.15) is 17.4 Å². The van der Waals surface area contributed by atoms with E-state index in [0.717, 1.165) is 17.3 Å². The van der Waals surface area contributed by atoms with E-state index in [-0.39, 0.29) is 5.57 Å². The Kier molecular flexibility index (Phi) is 11.2. The van der Waals surface area contributed by atoms with Crippen LogP contribution in [0.15, 0.2) is 52.5 Å². The van der Waals surface area contributed by atoms with Crippen LogP contribution in [0.1, 0.15) is 61.4 Å². The maximum Gasteiger partial charge on any atom is 0.337 e. The highest BCUT2D eigenvalue weighted by molar-refractivity contribution is 9.10. The van der Waals surface area contributed by atoms with Gasteiger partial charge in [0.05, 0.1) is 19.3 Å². The van der Waals surface area contributed by atoms with Gasteiger partial charge in [0, 0.05) is 15.7 Å². The van der Waals surface area contributed by atoms with Gasteiger partial charge >= 0.3 is 5.97 Å². The van der Waals surface area contributed by atoms with Crippen molar-refractivity contribution >= 4 is 39.6 Å². The van der Waals surface area contributed by atoms with Crippen LogP contribution in [0.3, 0.4) is 0 Å². The molecular weight excluding hydrogens is 484 g/mol. The Balaban J connectivity index is 2.06. The first-order valence-electron chi connectivity index (χ1n) is 11.0. The summed E-state index contributed by atoms with van der Waals surface area (Å²) in [6, 6.07) is 13.7. The first-order chi connectivity index (χ1) is 16.0. The lowest BCUT2D eigenvalue weighted by Crippen LogP contribution is -2.13. The van der Waals surface area contributed by atoms with E-state index in [1.54, 1.807) is 24.3 Å². The van der Waals surface area contributed by atoms with Crippen molar-refractivity contribution in [2.75, 3.05) is 19.0 Å². The number of esters is 1. The number of rotatable bonds is 12. The van der Waals surface area contributed by atoms with Crippen molar-refractivity contribution in [3.63, 3.8) is 0 Å². The average Bonchev–Trinajstić information content (AvgIpc) is 2.82. The summed E-state index contributed by atoms with van der Waals surface area (Å²) in [7, 11) is 1.30. The minimum Gasteiger partial charge on any atom is -0.493 e. The van der Waals surface area contributed by atoms with Crippen LogP contribution < -0.4 is 10.1 Å². The number of nitrogens with one attached hydrogen (secondary N) is 1. The van der Waals surface area contributed by atoms with Crippen LogP contribution in [0.2, 0.25) is 0 Å². The number of unbranched alkanes of at least 4 members (excludes halogenated alkanes) is 5. The first-order valence-corrected chi connectivity index (χ1v) is 11.8. The third-order valence-corrected chi connectivity index (χ3v) is 5.45. The Morgan fingerprint density at radius 1 is 1.06 bits per heavy atom.